The number of carbonyl (C=O) groups is 1. The van der Waals surface area contributed by atoms with E-state index in [9.17, 15) is 14.4 Å². The molecule has 2 aromatic carbocycles. The van der Waals surface area contributed by atoms with Crippen LogP contribution in [0.1, 0.15) is 33.9 Å². The molecule has 2 fully saturated rings. The van der Waals surface area contributed by atoms with Gasteiger partial charge in [-0.2, -0.15) is 5.26 Å². The van der Waals surface area contributed by atoms with Gasteiger partial charge in [-0.25, -0.2) is 9.07 Å². The van der Waals surface area contributed by atoms with Crippen molar-refractivity contribution < 1.29 is 13.9 Å². The lowest BCUT2D eigenvalue weighted by molar-refractivity contribution is -0.143. The van der Waals surface area contributed by atoms with Crippen LogP contribution in [0.5, 0.6) is 0 Å². The summed E-state index contributed by atoms with van der Waals surface area (Å²) in [5, 5.41) is 20.7. The van der Waals surface area contributed by atoms with Gasteiger partial charge >= 0.3 is 0 Å². The normalized spacial score (nSPS) is 23.7. The molecule has 36 heavy (non-hydrogen) atoms. The Bertz CT molecular complexity index is 1350. The van der Waals surface area contributed by atoms with E-state index in [0.717, 1.165) is 30.6 Å². The molecule has 1 amide bonds. The van der Waals surface area contributed by atoms with Gasteiger partial charge in [-0.05, 0) is 70.6 Å². The third kappa shape index (κ3) is 3.94. The van der Waals surface area contributed by atoms with Crippen molar-refractivity contribution in [1.82, 2.24) is 30.0 Å². The molecular weight excluding hydrogens is 461 g/mol. The highest BCUT2D eigenvalue weighted by Gasteiger charge is 2.39. The van der Waals surface area contributed by atoms with Crippen LogP contribution in [0.15, 0.2) is 36.7 Å². The molecule has 0 N–H and O–H groups in total. The summed E-state index contributed by atoms with van der Waals surface area (Å²) < 4.78 is 21.8. The number of halogens is 1. The van der Waals surface area contributed by atoms with E-state index < -0.39 is 5.82 Å². The first kappa shape index (κ1) is 22.8. The van der Waals surface area contributed by atoms with Gasteiger partial charge in [0, 0.05) is 32.1 Å². The number of amides is 1. The van der Waals surface area contributed by atoms with Crippen LogP contribution in [0.2, 0.25) is 0 Å². The summed E-state index contributed by atoms with van der Waals surface area (Å²) in [6, 6.07) is 11.3. The molecule has 1 aromatic heterocycles. The first-order valence-corrected chi connectivity index (χ1v) is 12.2. The number of nitrogens with zero attached hydrogens (tertiary/aromatic N) is 7. The zero-order valence-corrected chi connectivity index (χ0v) is 20.0. The zero-order chi connectivity index (χ0) is 24.8. The minimum absolute atomic E-state index is 0.0563. The van der Waals surface area contributed by atoms with Crippen LogP contribution in [0.3, 0.4) is 0 Å². The number of benzene rings is 2. The van der Waals surface area contributed by atoms with E-state index in [1.807, 2.05) is 17.0 Å². The number of nitriles is 1. The van der Waals surface area contributed by atoms with Crippen LogP contribution in [-0.2, 0) is 22.4 Å². The predicted octanol–water partition coefficient (Wildman–Crippen LogP) is 1.98. The number of carbonyl (C=O) groups excluding carboxylic acids is 1. The molecule has 3 aliphatic rings. The maximum absolute atomic E-state index is 14.0. The Hall–Kier alpha value is -3.68. The average molecular weight is 488 g/mol. The monoisotopic (exact) mass is 487 g/mol. The molecule has 10 heteroatoms. The van der Waals surface area contributed by atoms with Crippen LogP contribution in [0.25, 0.3) is 5.69 Å². The molecule has 2 aliphatic heterocycles. The zero-order valence-electron chi connectivity index (χ0n) is 20.0. The van der Waals surface area contributed by atoms with Gasteiger partial charge in [0.1, 0.15) is 18.2 Å². The third-order valence-electron chi connectivity index (χ3n) is 7.81. The molecule has 3 aromatic rings. The van der Waals surface area contributed by atoms with Gasteiger partial charge in [0.25, 0.3) is 0 Å². The molecule has 1 unspecified atom stereocenters. The molecule has 0 bridgehead atoms. The van der Waals surface area contributed by atoms with Gasteiger partial charge < -0.3 is 9.64 Å². The first-order chi connectivity index (χ1) is 17.5. The van der Waals surface area contributed by atoms with Gasteiger partial charge in [-0.3, -0.25) is 9.69 Å². The number of hydrogen-bond donors (Lipinski definition) is 0. The third-order valence-corrected chi connectivity index (χ3v) is 7.81. The van der Waals surface area contributed by atoms with Crippen LogP contribution in [0, 0.1) is 30.0 Å². The Morgan fingerprint density at radius 3 is 2.83 bits per heavy atom. The standard InChI is InChI=1S/C26H26FN7O2/c1-16-22(4-5-24(27)23(16)11-28)25-13-32-6-7-33(12-21(32)14-36-25)26(35)19-8-17-2-3-20(10-18(17)9-19)34-15-29-30-31-34/h2-5,10,15,19,21,25H,6-9,12-14H2,1H3/t19?,21-,25+/m0/s1. The lowest BCUT2D eigenvalue weighted by Gasteiger charge is -2.46. The Kier molecular flexibility index (Phi) is 5.74. The van der Waals surface area contributed by atoms with Gasteiger partial charge in [0.05, 0.1) is 30.0 Å². The molecule has 9 nitrogen and oxygen atoms in total. The first-order valence-electron chi connectivity index (χ1n) is 12.2. The van der Waals surface area contributed by atoms with Crippen molar-refractivity contribution in [3.8, 4) is 11.8 Å². The second-order valence-corrected chi connectivity index (χ2v) is 9.82. The highest BCUT2D eigenvalue weighted by molar-refractivity contribution is 5.80. The van der Waals surface area contributed by atoms with Crippen LogP contribution >= 0.6 is 0 Å². The molecule has 2 saturated heterocycles. The summed E-state index contributed by atoms with van der Waals surface area (Å²) in [6.45, 7) is 5.02. The number of aromatic nitrogens is 4. The van der Waals surface area contributed by atoms with Crippen molar-refractivity contribution in [1.29, 1.82) is 5.26 Å². The minimum atomic E-state index is -0.500. The van der Waals surface area contributed by atoms with E-state index in [2.05, 4.69) is 32.6 Å². The van der Waals surface area contributed by atoms with Crippen molar-refractivity contribution >= 4 is 5.91 Å². The highest BCUT2D eigenvalue weighted by atomic mass is 19.1. The smallest absolute Gasteiger partial charge is 0.226 e. The van der Waals surface area contributed by atoms with E-state index in [-0.39, 0.29) is 29.5 Å². The second kappa shape index (κ2) is 9.08. The summed E-state index contributed by atoms with van der Waals surface area (Å²) in [5.41, 5.74) is 4.85. The van der Waals surface area contributed by atoms with E-state index in [4.69, 9.17) is 4.74 Å². The van der Waals surface area contributed by atoms with Gasteiger partial charge in [-0.15, -0.1) is 5.10 Å². The summed E-state index contributed by atoms with van der Waals surface area (Å²) in [6.07, 6.45) is 2.82. The maximum Gasteiger partial charge on any atom is 0.226 e. The molecule has 0 saturated carbocycles. The number of piperazine rings is 1. The van der Waals surface area contributed by atoms with E-state index >= 15 is 0 Å². The number of rotatable bonds is 3. The fraction of sp³-hybridized carbons (Fsp3) is 0.423. The number of hydrogen-bond acceptors (Lipinski definition) is 7. The van der Waals surface area contributed by atoms with Crippen molar-refractivity contribution in [2.75, 3.05) is 32.8 Å². The number of tetrazole rings is 1. The Balaban J connectivity index is 1.09. The van der Waals surface area contributed by atoms with Crippen LogP contribution in [0.4, 0.5) is 4.39 Å². The summed E-state index contributed by atoms with van der Waals surface area (Å²) in [4.78, 5) is 17.8. The topological polar surface area (TPSA) is 100 Å². The minimum Gasteiger partial charge on any atom is -0.370 e. The Morgan fingerprint density at radius 2 is 2.03 bits per heavy atom. The van der Waals surface area contributed by atoms with Crippen molar-refractivity contribution in [3.05, 3.63) is 70.3 Å². The van der Waals surface area contributed by atoms with E-state index in [0.29, 0.717) is 31.8 Å². The molecule has 0 radical (unpaired) electrons. The molecule has 184 valence electrons. The van der Waals surface area contributed by atoms with Gasteiger partial charge in [0.2, 0.25) is 5.91 Å². The number of ether oxygens (including phenoxy) is 1. The Labute approximate surface area is 208 Å². The molecule has 0 spiro atoms. The van der Waals surface area contributed by atoms with Crippen molar-refractivity contribution in [2.24, 2.45) is 5.92 Å². The SMILES string of the molecule is Cc1c([C@H]2CN3CCN(C(=O)C4Cc5ccc(-n6cnnn6)cc5C4)C[C@H]3CO2)ccc(F)c1C#N. The van der Waals surface area contributed by atoms with Crippen molar-refractivity contribution in [3.63, 3.8) is 0 Å². The highest BCUT2D eigenvalue weighted by Crippen LogP contribution is 2.33. The van der Waals surface area contributed by atoms with Crippen LogP contribution in [-0.4, -0.2) is 74.7 Å². The maximum atomic E-state index is 14.0. The summed E-state index contributed by atoms with van der Waals surface area (Å²) in [7, 11) is 0. The predicted molar refractivity (Wildman–Crippen MR) is 127 cm³/mol. The molecule has 3 atom stereocenters. The van der Waals surface area contributed by atoms with Gasteiger partial charge in [-0.1, -0.05) is 12.1 Å². The molecular formula is C26H26FN7O2. The largest absolute Gasteiger partial charge is 0.370 e. The van der Waals surface area contributed by atoms with Crippen molar-refractivity contribution in [2.45, 2.75) is 31.9 Å². The molecule has 1 aliphatic carbocycles. The lowest BCUT2D eigenvalue weighted by Crippen LogP contribution is -2.60. The summed E-state index contributed by atoms with van der Waals surface area (Å²) >= 11 is 0. The summed E-state index contributed by atoms with van der Waals surface area (Å²) in [5.74, 6) is -0.357. The Morgan fingerprint density at radius 1 is 1.17 bits per heavy atom. The van der Waals surface area contributed by atoms with E-state index in [1.54, 1.807) is 24.0 Å². The van der Waals surface area contributed by atoms with Gasteiger partial charge in [0.15, 0.2) is 0 Å². The second-order valence-electron chi connectivity index (χ2n) is 9.82. The molecule has 3 heterocycles. The van der Waals surface area contributed by atoms with Crippen LogP contribution < -0.4 is 0 Å². The lowest BCUT2D eigenvalue weighted by atomic mass is 9.96. The van der Waals surface area contributed by atoms with E-state index in [1.165, 1.54) is 17.2 Å². The average Bonchev–Trinajstić information content (AvgIpc) is 3.58. The fourth-order valence-corrected chi connectivity index (χ4v) is 5.81. The number of fused-ring (bicyclic) bond motifs is 2. The number of morpholine rings is 1. The quantitative estimate of drug-likeness (QED) is 0.557. The molecule has 6 rings (SSSR count). The fourth-order valence-electron chi connectivity index (χ4n) is 5.81.